The van der Waals surface area contributed by atoms with E-state index in [4.69, 9.17) is 14.7 Å². The smallest absolute Gasteiger partial charge is 0.311 e. The number of rotatable bonds is 9. The highest BCUT2D eigenvalue weighted by molar-refractivity contribution is 8.14. The first kappa shape index (κ1) is 60.4. The third kappa shape index (κ3) is 14.9. The number of fused-ring (bicyclic) bond motifs is 3. The van der Waals surface area contributed by atoms with Crippen molar-refractivity contribution in [3.63, 3.8) is 0 Å². The summed E-state index contributed by atoms with van der Waals surface area (Å²) in [4.78, 5) is 131. The van der Waals surface area contributed by atoms with Gasteiger partial charge in [0.05, 0.1) is 34.2 Å². The molecule has 6 rings (SSSR count). The fourth-order valence-corrected chi connectivity index (χ4v) is 12.6. The van der Waals surface area contributed by atoms with Crippen LogP contribution in [0.2, 0.25) is 0 Å². The van der Waals surface area contributed by atoms with Gasteiger partial charge in [0, 0.05) is 51.7 Å². The molecule has 1 saturated heterocycles. The standard InChI is InChI=1S/C56H79N9O10S2/c1-12-38-50-60-40(30-76-50)52(70)62(9)42(26-31(2)3)48(68)61-45(35(8)66)49(69)57-34(7)33(6)56(74)75-44(28-37-22-17-14-18-23-37)54(72)64(11)46(32(4)5)55(73)65-25-19-24-41(65)53(71)63(10)43(27-36-20-15-13-16-21-36)51-59-39(29-77-51)47(67)58-38/h13-18,20-23,31-35,38-46,66H,12,19,24-30H2,1-11H3,(H,57,69)(H,58,67)(H,61,68)/t33-,34-,35-,38-,39+,40?,41+,42-,43?,44?,45-,46+/m1/s1. The number of carbonyl (C=O) groups excluding carboxylic acids is 8. The van der Waals surface area contributed by atoms with Crippen LogP contribution < -0.4 is 16.0 Å². The second kappa shape index (κ2) is 27.2. The number of ether oxygens (including phenoxy) is 1. The Balaban J connectivity index is 1.38. The minimum atomic E-state index is -1.50. The summed E-state index contributed by atoms with van der Waals surface area (Å²) in [7, 11) is 4.70. The molecule has 0 spiro atoms. The van der Waals surface area contributed by atoms with Crippen LogP contribution in [0.4, 0.5) is 0 Å². The highest BCUT2D eigenvalue weighted by Gasteiger charge is 2.46. The summed E-state index contributed by atoms with van der Waals surface area (Å²) in [6.07, 6.45) is -0.871. The zero-order chi connectivity index (χ0) is 56.4. The number of carbonyl (C=O) groups is 8. The van der Waals surface area contributed by atoms with Gasteiger partial charge in [-0.15, -0.1) is 23.5 Å². The zero-order valence-electron chi connectivity index (χ0n) is 46.3. The Hall–Kier alpha value is -5.80. The number of aliphatic imine (C=N–C) groups is 2. The van der Waals surface area contributed by atoms with Crippen LogP contribution in [-0.2, 0) is 55.9 Å². The number of amides is 7. The third-order valence-electron chi connectivity index (χ3n) is 15.0. The van der Waals surface area contributed by atoms with E-state index in [1.165, 1.54) is 61.3 Å². The van der Waals surface area contributed by atoms with Crippen molar-refractivity contribution in [2.45, 2.75) is 160 Å². The van der Waals surface area contributed by atoms with E-state index in [1.54, 1.807) is 48.0 Å². The van der Waals surface area contributed by atoms with Crippen molar-refractivity contribution in [1.29, 1.82) is 0 Å². The fraction of sp³-hybridized carbons (Fsp3) is 0.607. The number of hydrogen-bond acceptors (Lipinski definition) is 14. The molecular weight excluding hydrogens is 1020 g/mol. The van der Waals surface area contributed by atoms with E-state index < -0.39 is 114 Å². The van der Waals surface area contributed by atoms with Crippen molar-refractivity contribution in [3.05, 3.63) is 71.8 Å². The number of cyclic esters (lactones) is 1. The molecule has 2 aromatic rings. The number of nitrogens with zero attached hydrogens (tertiary/aromatic N) is 6. The lowest BCUT2D eigenvalue weighted by Crippen LogP contribution is -2.59. The Bertz CT molecular complexity index is 2510. The van der Waals surface area contributed by atoms with Crippen LogP contribution in [0.1, 0.15) is 92.2 Å². The molecular formula is C56H79N9O10S2. The molecule has 420 valence electrons. The molecule has 12 atom stereocenters. The Kier molecular flexibility index (Phi) is 21.3. The summed E-state index contributed by atoms with van der Waals surface area (Å²) in [5.74, 6) is -5.45. The molecule has 0 aromatic heterocycles. The molecule has 1 fully saturated rings. The van der Waals surface area contributed by atoms with E-state index in [-0.39, 0.29) is 42.9 Å². The Morgan fingerprint density at radius 3 is 1.86 bits per heavy atom. The summed E-state index contributed by atoms with van der Waals surface area (Å²) in [5, 5.41) is 20.6. The van der Waals surface area contributed by atoms with E-state index in [2.05, 4.69) is 16.0 Å². The molecule has 7 amide bonds. The Labute approximate surface area is 461 Å². The van der Waals surface area contributed by atoms with E-state index in [9.17, 15) is 43.5 Å². The van der Waals surface area contributed by atoms with Crippen LogP contribution >= 0.6 is 23.5 Å². The van der Waals surface area contributed by atoms with E-state index in [0.717, 1.165) is 5.56 Å². The Morgan fingerprint density at radius 1 is 0.675 bits per heavy atom. The third-order valence-corrected chi connectivity index (χ3v) is 17.3. The highest BCUT2D eigenvalue weighted by Crippen LogP contribution is 2.31. The quantitative estimate of drug-likeness (QED) is 0.264. The number of benzene rings is 2. The molecule has 4 aliphatic rings. The fourth-order valence-electron chi connectivity index (χ4n) is 10.2. The summed E-state index contributed by atoms with van der Waals surface area (Å²) < 4.78 is 6.06. The number of likely N-dealkylation sites (N-methyl/N-ethyl adjacent to an activating group) is 3. The van der Waals surface area contributed by atoms with Gasteiger partial charge in [-0.1, -0.05) is 95.3 Å². The Morgan fingerprint density at radius 2 is 1.26 bits per heavy atom. The average Bonchev–Trinajstić information content (AvgIpc) is 4.23. The van der Waals surface area contributed by atoms with Crippen LogP contribution in [0.25, 0.3) is 0 Å². The van der Waals surface area contributed by atoms with Gasteiger partial charge in [0.1, 0.15) is 36.3 Å². The molecule has 0 aliphatic carbocycles. The number of esters is 1. The number of aliphatic hydroxyl groups is 1. The highest BCUT2D eigenvalue weighted by atomic mass is 32.2. The molecule has 0 saturated carbocycles. The van der Waals surface area contributed by atoms with Crippen molar-refractivity contribution in [1.82, 2.24) is 35.6 Å². The maximum atomic E-state index is 15.0. The summed E-state index contributed by atoms with van der Waals surface area (Å²) in [6, 6.07) is 10.4. The summed E-state index contributed by atoms with van der Waals surface area (Å²) in [5.41, 5.74) is 1.62. The van der Waals surface area contributed by atoms with Gasteiger partial charge in [0.2, 0.25) is 35.4 Å². The first-order valence-electron chi connectivity index (χ1n) is 26.9. The van der Waals surface area contributed by atoms with Gasteiger partial charge in [-0.2, -0.15) is 0 Å². The number of thioether (sulfide) groups is 2. The summed E-state index contributed by atoms with van der Waals surface area (Å²) in [6.45, 7) is 14.0. The van der Waals surface area contributed by atoms with Gasteiger partial charge >= 0.3 is 5.97 Å². The van der Waals surface area contributed by atoms with Gasteiger partial charge in [0.25, 0.3) is 5.91 Å². The minimum absolute atomic E-state index is 0.0397. The number of hydrogen-bond donors (Lipinski definition) is 4. The molecule has 77 heavy (non-hydrogen) atoms. The minimum Gasteiger partial charge on any atom is -0.452 e. The maximum absolute atomic E-state index is 15.0. The predicted molar refractivity (Wildman–Crippen MR) is 299 cm³/mol. The first-order valence-corrected chi connectivity index (χ1v) is 28.9. The van der Waals surface area contributed by atoms with Crippen molar-refractivity contribution < 1.29 is 48.2 Å². The lowest BCUT2D eigenvalue weighted by atomic mass is 9.98. The average molecular weight is 1100 g/mol. The predicted octanol–water partition coefficient (Wildman–Crippen LogP) is 3.50. The monoisotopic (exact) mass is 1100 g/mol. The van der Waals surface area contributed by atoms with E-state index >= 15 is 0 Å². The zero-order valence-corrected chi connectivity index (χ0v) is 48.0. The normalized spacial score (nSPS) is 29.6. The van der Waals surface area contributed by atoms with Crippen LogP contribution in [0.5, 0.6) is 0 Å². The van der Waals surface area contributed by atoms with Crippen LogP contribution in [0, 0.1) is 17.8 Å². The molecule has 2 aromatic carbocycles. The van der Waals surface area contributed by atoms with Gasteiger partial charge in [-0.25, -0.2) is 0 Å². The second-order valence-corrected chi connectivity index (χ2v) is 23.6. The van der Waals surface area contributed by atoms with E-state index in [1.807, 2.05) is 71.0 Å². The molecule has 4 bridgehead atoms. The van der Waals surface area contributed by atoms with Crippen LogP contribution in [-0.4, -0.2) is 188 Å². The molecule has 19 nitrogen and oxygen atoms in total. The molecule has 4 heterocycles. The molecule has 0 radical (unpaired) electrons. The molecule has 4 aliphatic heterocycles. The number of nitrogens with one attached hydrogen (secondary N) is 3. The van der Waals surface area contributed by atoms with Crippen molar-refractivity contribution in [2.24, 2.45) is 27.7 Å². The first-order chi connectivity index (χ1) is 36.5. The van der Waals surface area contributed by atoms with Crippen molar-refractivity contribution >= 4 is 80.9 Å². The second-order valence-electron chi connectivity index (χ2n) is 21.6. The van der Waals surface area contributed by atoms with Crippen molar-refractivity contribution in [3.8, 4) is 0 Å². The van der Waals surface area contributed by atoms with Crippen molar-refractivity contribution in [2.75, 3.05) is 39.2 Å². The van der Waals surface area contributed by atoms with Gasteiger partial charge in [0.15, 0.2) is 6.10 Å². The van der Waals surface area contributed by atoms with Gasteiger partial charge < -0.3 is 45.4 Å². The summed E-state index contributed by atoms with van der Waals surface area (Å²) >= 11 is 2.75. The topological polar surface area (TPSA) is 240 Å². The van der Waals surface area contributed by atoms with Crippen LogP contribution in [0.15, 0.2) is 70.6 Å². The lowest BCUT2D eigenvalue weighted by Gasteiger charge is -2.38. The lowest BCUT2D eigenvalue weighted by molar-refractivity contribution is -0.166. The molecule has 3 unspecified atom stereocenters. The van der Waals surface area contributed by atoms with E-state index in [0.29, 0.717) is 47.1 Å². The SMILES string of the molecule is CC[C@H]1NC(=O)[C@@H]2CSC(=N2)C(Cc2ccccc2)N(C)C(=O)[C@@H]2CCCN2C(=O)[C@H](C(C)C)N(C)C(=O)C(Cc2ccccc2)OC(=O)[C@H](C)[C@@H](C)NC(=O)[C@@H]([C@@H](C)O)NC(=O)[C@@H](CC(C)C)N(C)C(=O)C2CSC1=N2. The largest absolute Gasteiger partial charge is 0.452 e. The molecule has 4 N–H and O–H groups in total. The maximum Gasteiger partial charge on any atom is 0.311 e. The van der Waals surface area contributed by atoms with Crippen LogP contribution in [0.3, 0.4) is 0 Å². The molecule has 21 heteroatoms. The van der Waals surface area contributed by atoms with Gasteiger partial charge in [-0.3, -0.25) is 48.3 Å². The van der Waals surface area contributed by atoms with Gasteiger partial charge in [-0.05, 0) is 75.8 Å². The number of aliphatic hydroxyl groups excluding tert-OH is 1.